The second-order valence-electron chi connectivity index (χ2n) is 7.99. The topological polar surface area (TPSA) is 101 Å². The molecule has 0 radical (unpaired) electrons. The van der Waals surface area contributed by atoms with Crippen molar-refractivity contribution in [1.82, 2.24) is 4.98 Å². The van der Waals surface area contributed by atoms with Gasteiger partial charge in [-0.1, -0.05) is 29.5 Å². The van der Waals surface area contributed by atoms with E-state index in [4.69, 9.17) is 10.5 Å². The lowest BCUT2D eigenvalue weighted by Crippen LogP contribution is -2.14. The number of thiazole rings is 1. The van der Waals surface area contributed by atoms with E-state index in [1.807, 2.05) is 55.5 Å². The highest BCUT2D eigenvalue weighted by molar-refractivity contribution is 7.22. The van der Waals surface area contributed by atoms with Crippen LogP contribution in [-0.2, 0) is 5.41 Å². The molecule has 3 N–H and O–H groups in total. The first-order chi connectivity index (χ1) is 15.5. The van der Waals surface area contributed by atoms with Crippen LogP contribution in [-0.4, -0.2) is 10.9 Å². The predicted molar refractivity (Wildman–Crippen MR) is 126 cm³/mol. The van der Waals surface area contributed by atoms with Gasteiger partial charge in [0.15, 0.2) is 5.13 Å². The van der Waals surface area contributed by atoms with Crippen molar-refractivity contribution >= 4 is 38.3 Å². The Morgan fingerprint density at radius 1 is 1.16 bits per heavy atom. The van der Waals surface area contributed by atoms with E-state index in [9.17, 15) is 10.1 Å². The molecule has 1 aliphatic carbocycles. The number of hydrogen-bond donors (Lipinski definition) is 2. The number of nitrogens with zero attached hydrogens (tertiary/aromatic N) is 2. The van der Waals surface area contributed by atoms with Gasteiger partial charge in [-0.2, -0.15) is 5.26 Å². The van der Waals surface area contributed by atoms with Crippen molar-refractivity contribution in [2.75, 3.05) is 11.1 Å². The summed E-state index contributed by atoms with van der Waals surface area (Å²) in [7, 11) is 0. The van der Waals surface area contributed by atoms with E-state index in [1.54, 1.807) is 12.1 Å². The van der Waals surface area contributed by atoms with E-state index in [0.29, 0.717) is 27.9 Å². The summed E-state index contributed by atoms with van der Waals surface area (Å²) in [5.74, 6) is 1.06. The van der Waals surface area contributed by atoms with E-state index in [-0.39, 0.29) is 5.91 Å². The number of aryl methyl sites for hydroxylation is 1. The minimum atomic E-state index is -0.427. The van der Waals surface area contributed by atoms with Crippen molar-refractivity contribution < 1.29 is 9.53 Å². The number of hydrogen-bond acceptors (Lipinski definition) is 6. The number of ether oxygens (including phenoxy) is 1. The molecular formula is C25H20N4O2S. The summed E-state index contributed by atoms with van der Waals surface area (Å²) >= 11 is 1.41. The van der Waals surface area contributed by atoms with Gasteiger partial charge in [-0.15, -0.1) is 0 Å². The molecule has 1 aromatic heterocycles. The fraction of sp³-hybridized carbons (Fsp3) is 0.160. The maximum Gasteiger partial charge on any atom is 0.255 e. The van der Waals surface area contributed by atoms with E-state index >= 15 is 0 Å². The Kier molecular flexibility index (Phi) is 4.80. The van der Waals surface area contributed by atoms with Gasteiger partial charge < -0.3 is 15.8 Å². The maximum absolute atomic E-state index is 12.9. The molecule has 0 aliphatic heterocycles. The quantitative estimate of drug-likeness (QED) is 0.409. The Bertz CT molecular complexity index is 1400. The number of amides is 1. The summed E-state index contributed by atoms with van der Waals surface area (Å²) in [6, 6.07) is 20.9. The number of nitrogen functional groups attached to an aromatic ring is 1. The van der Waals surface area contributed by atoms with Crippen LogP contribution in [0.25, 0.3) is 10.2 Å². The van der Waals surface area contributed by atoms with Crippen LogP contribution < -0.4 is 15.8 Å². The number of anilines is 2. The number of carbonyl (C=O) groups is 1. The van der Waals surface area contributed by atoms with Gasteiger partial charge in [-0.25, -0.2) is 4.98 Å². The lowest BCUT2D eigenvalue weighted by Gasteiger charge is -2.13. The Balaban J connectivity index is 1.36. The van der Waals surface area contributed by atoms with Crippen molar-refractivity contribution in [3.63, 3.8) is 0 Å². The van der Waals surface area contributed by atoms with Gasteiger partial charge in [-0.05, 0) is 61.2 Å². The minimum Gasteiger partial charge on any atom is -0.457 e. The highest BCUT2D eigenvalue weighted by atomic mass is 32.1. The number of fused-ring (bicyclic) bond motifs is 1. The number of benzene rings is 3. The molecule has 6 nitrogen and oxygen atoms in total. The SMILES string of the molecule is Cc1ccc(Oc2ccc3nc(N)sc3c2)cc1NC(=O)c1cccc(C2(C#N)CC2)c1. The maximum atomic E-state index is 12.9. The van der Waals surface area contributed by atoms with E-state index < -0.39 is 5.41 Å². The van der Waals surface area contributed by atoms with Crippen LogP contribution in [0.1, 0.15) is 34.3 Å². The third-order valence-corrected chi connectivity index (χ3v) is 6.56. The van der Waals surface area contributed by atoms with E-state index in [2.05, 4.69) is 16.4 Å². The number of nitriles is 1. The molecule has 1 fully saturated rings. The first-order valence-electron chi connectivity index (χ1n) is 10.2. The van der Waals surface area contributed by atoms with Crippen molar-refractivity contribution in [3.8, 4) is 17.6 Å². The number of carbonyl (C=O) groups excluding carboxylic acids is 1. The molecule has 0 unspecified atom stereocenters. The van der Waals surface area contributed by atoms with Gasteiger partial charge in [0.05, 0.1) is 21.7 Å². The van der Waals surface area contributed by atoms with E-state index in [1.165, 1.54) is 11.3 Å². The van der Waals surface area contributed by atoms with Crippen molar-refractivity contribution in [3.05, 3.63) is 77.4 Å². The van der Waals surface area contributed by atoms with Crippen molar-refractivity contribution in [1.29, 1.82) is 5.26 Å². The van der Waals surface area contributed by atoms with E-state index in [0.717, 1.165) is 34.2 Å². The van der Waals surface area contributed by atoms with Crippen LogP contribution in [0.3, 0.4) is 0 Å². The Labute approximate surface area is 189 Å². The first kappa shape index (κ1) is 20.0. The zero-order chi connectivity index (χ0) is 22.3. The number of aromatic nitrogens is 1. The molecule has 3 aromatic carbocycles. The minimum absolute atomic E-state index is 0.220. The predicted octanol–water partition coefficient (Wildman–Crippen LogP) is 5.79. The van der Waals surface area contributed by atoms with Crippen molar-refractivity contribution in [2.24, 2.45) is 0 Å². The molecule has 1 saturated carbocycles. The highest BCUT2D eigenvalue weighted by Crippen LogP contribution is 2.47. The molecular weight excluding hydrogens is 420 g/mol. The molecule has 32 heavy (non-hydrogen) atoms. The summed E-state index contributed by atoms with van der Waals surface area (Å²) in [6.07, 6.45) is 1.68. The smallest absolute Gasteiger partial charge is 0.255 e. The molecule has 158 valence electrons. The monoisotopic (exact) mass is 440 g/mol. The molecule has 0 spiro atoms. The molecule has 0 atom stereocenters. The Morgan fingerprint density at radius 2 is 1.94 bits per heavy atom. The summed E-state index contributed by atoms with van der Waals surface area (Å²) in [4.78, 5) is 17.2. The van der Waals surface area contributed by atoms with Crippen LogP contribution in [0.15, 0.2) is 60.7 Å². The lowest BCUT2D eigenvalue weighted by atomic mass is 9.96. The third kappa shape index (κ3) is 3.77. The van der Waals surface area contributed by atoms with Gasteiger partial charge in [0.1, 0.15) is 11.5 Å². The summed E-state index contributed by atoms with van der Waals surface area (Å²) in [5.41, 5.74) is 9.21. The molecule has 1 aliphatic rings. The summed E-state index contributed by atoms with van der Waals surface area (Å²) < 4.78 is 6.97. The van der Waals surface area contributed by atoms with Crippen LogP contribution in [0.2, 0.25) is 0 Å². The van der Waals surface area contributed by atoms with Crippen LogP contribution in [0, 0.1) is 18.3 Å². The van der Waals surface area contributed by atoms with Gasteiger partial charge in [-0.3, -0.25) is 4.79 Å². The zero-order valence-electron chi connectivity index (χ0n) is 17.4. The first-order valence-corrected chi connectivity index (χ1v) is 11.1. The Morgan fingerprint density at radius 3 is 2.72 bits per heavy atom. The molecule has 1 amide bonds. The second-order valence-corrected chi connectivity index (χ2v) is 9.05. The van der Waals surface area contributed by atoms with Gasteiger partial charge in [0, 0.05) is 23.4 Å². The zero-order valence-corrected chi connectivity index (χ0v) is 18.2. The number of rotatable bonds is 5. The number of nitrogens with two attached hydrogens (primary N) is 1. The van der Waals surface area contributed by atoms with Crippen LogP contribution >= 0.6 is 11.3 Å². The Hall–Kier alpha value is -3.89. The molecule has 1 heterocycles. The summed E-state index contributed by atoms with van der Waals surface area (Å²) in [6.45, 7) is 1.93. The van der Waals surface area contributed by atoms with Gasteiger partial charge in [0.2, 0.25) is 0 Å². The molecule has 0 saturated heterocycles. The van der Waals surface area contributed by atoms with Gasteiger partial charge >= 0.3 is 0 Å². The molecule has 4 aromatic rings. The summed E-state index contributed by atoms with van der Waals surface area (Å²) in [5, 5.41) is 12.9. The standard InChI is InChI=1S/C25H20N4O2S/c1-15-5-6-18(31-19-7-8-20-22(13-19)32-24(27)29-20)12-21(15)28-23(30)16-3-2-4-17(11-16)25(14-26)9-10-25/h2-8,11-13H,9-10H2,1H3,(H2,27,29)(H,28,30). The fourth-order valence-corrected chi connectivity index (χ4v) is 4.43. The molecule has 0 bridgehead atoms. The largest absolute Gasteiger partial charge is 0.457 e. The second kappa shape index (κ2) is 7.66. The average molecular weight is 441 g/mol. The fourth-order valence-electron chi connectivity index (χ4n) is 3.66. The van der Waals surface area contributed by atoms with Crippen LogP contribution in [0.4, 0.5) is 10.8 Å². The molecule has 7 heteroatoms. The highest BCUT2D eigenvalue weighted by Gasteiger charge is 2.45. The van der Waals surface area contributed by atoms with Crippen LogP contribution in [0.5, 0.6) is 11.5 Å². The molecule has 5 rings (SSSR count). The van der Waals surface area contributed by atoms with Gasteiger partial charge in [0.25, 0.3) is 5.91 Å². The average Bonchev–Trinajstić information content (AvgIpc) is 3.51. The number of nitrogens with one attached hydrogen (secondary N) is 1. The van der Waals surface area contributed by atoms with Crippen molar-refractivity contribution in [2.45, 2.75) is 25.2 Å². The lowest BCUT2D eigenvalue weighted by molar-refractivity contribution is 0.102. The normalized spacial score (nSPS) is 14.0. The third-order valence-electron chi connectivity index (χ3n) is 5.71.